The van der Waals surface area contributed by atoms with E-state index in [0.717, 1.165) is 0 Å². The van der Waals surface area contributed by atoms with E-state index in [0.29, 0.717) is 13.1 Å². The monoisotopic (exact) mass is 256 g/mol. The van der Waals surface area contributed by atoms with Gasteiger partial charge in [-0.2, -0.15) is 0 Å². The molecule has 17 heavy (non-hydrogen) atoms. The smallest absolute Gasteiger partial charge is 0.212 e. The van der Waals surface area contributed by atoms with Crippen LogP contribution >= 0.6 is 0 Å². The third-order valence-electron chi connectivity index (χ3n) is 2.76. The van der Waals surface area contributed by atoms with Crippen LogP contribution in [0.5, 0.6) is 0 Å². The number of rotatable bonds is 6. The van der Waals surface area contributed by atoms with Crippen LogP contribution in [0.2, 0.25) is 0 Å². The molecule has 1 aromatic rings. The van der Waals surface area contributed by atoms with Gasteiger partial charge in [0.15, 0.2) is 0 Å². The summed E-state index contributed by atoms with van der Waals surface area (Å²) >= 11 is 0. The highest BCUT2D eigenvalue weighted by atomic mass is 32.2. The van der Waals surface area contributed by atoms with Crippen molar-refractivity contribution >= 4 is 10.0 Å². The summed E-state index contributed by atoms with van der Waals surface area (Å²) in [6, 6.07) is 6.26. The molecular weight excluding hydrogens is 236 g/mol. The Balaban J connectivity index is 2.39. The number of benzene rings is 1. The molecule has 0 amide bonds. The molecule has 0 fully saturated rings. The van der Waals surface area contributed by atoms with Crippen molar-refractivity contribution < 1.29 is 8.42 Å². The molecule has 0 atom stereocenters. The summed E-state index contributed by atoms with van der Waals surface area (Å²) in [5.41, 5.74) is 3.70. The molecule has 96 valence electrons. The molecule has 0 unspecified atom stereocenters. The molecule has 0 aromatic heterocycles. The van der Waals surface area contributed by atoms with Crippen LogP contribution in [0.3, 0.4) is 0 Å². The molecule has 0 aliphatic heterocycles. The highest BCUT2D eigenvalue weighted by molar-refractivity contribution is 7.89. The van der Waals surface area contributed by atoms with Crippen LogP contribution in [-0.4, -0.2) is 27.8 Å². The summed E-state index contributed by atoms with van der Waals surface area (Å²) in [6.07, 6.45) is 0. The van der Waals surface area contributed by atoms with Crippen LogP contribution in [0.4, 0.5) is 0 Å². The van der Waals surface area contributed by atoms with E-state index in [9.17, 15) is 8.42 Å². The summed E-state index contributed by atoms with van der Waals surface area (Å²) < 4.78 is 24.6. The highest BCUT2D eigenvalue weighted by Gasteiger charge is 2.05. The number of hydrogen-bond acceptors (Lipinski definition) is 3. The second-order valence-corrected chi connectivity index (χ2v) is 6.16. The molecule has 0 heterocycles. The summed E-state index contributed by atoms with van der Waals surface area (Å²) in [6.45, 7) is 5.30. The number of nitrogens with one attached hydrogen (secondary N) is 2. The molecule has 0 saturated heterocycles. The summed E-state index contributed by atoms with van der Waals surface area (Å²) in [5, 5.41) is 3.12. The minimum Gasteiger partial charge on any atom is -0.312 e. The first-order chi connectivity index (χ1) is 7.94. The normalized spacial score (nSPS) is 11.7. The van der Waals surface area contributed by atoms with Crippen LogP contribution in [0.25, 0.3) is 0 Å². The van der Waals surface area contributed by atoms with Crippen LogP contribution in [0, 0.1) is 13.8 Å². The molecule has 0 radical (unpaired) electrons. The number of sulfonamides is 1. The zero-order valence-corrected chi connectivity index (χ0v) is 11.4. The lowest BCUT2D eigenvalue weighted by Crippen LogP contribution is -2.29. The van der Waals surface area contributed by atoms with Crippen molar-refractivity contribution in [2.75, 3.05) is 19.3 Å². The van der Waals surface area contributed by atoms with E-state index in [1.54, 1.807) is 0 Å². The standard InChI is InChI=1S/C12H20N2O2S/c1-10-4-5-12(8-11(10)2)9-14-6-7-17(15,16)13-3/h4-5,8,13-14H,6-7,9H2,1-3H3. The van der Waals surface area contributed by atoms with Crippen molar-refractivity contribution in [1.29, 1.82) is 0 Å². The lowest BCUT2D eigenvalue weighted by Gasteiger charge is -2.07. The van der Waals surface area contributed by atoms with Crippen molar-refractivity contribution in [3.8, 4) is 0 Å². The van der Waals surface area contributed by atoms with Crippen molar-refractivity contribution in [3.05, 3.63) is 34.9 Å². The van der Waals surface area contributed by atoms with E-state index in [1.807, 2.05) is 0 Å². The van der Waals surface area contributed by atoms with Crippen LogP contribution in [0.15, 0.2) is 18.2 Å². The van der Waals surface area contributed by atoms with Gasteiger partial charge in [0, 0.05) is 13.1 Å². The maximum Gasteiger partial charge on any atom is 0.212 e. The first kappa shape index (κ1) is 14.2. The lowest BCUT2D eigenvalue weighted by atomic mass is 10.1. The van der Waals surface area contributed by atoms with Crippen molar-refractivity contribution in [2.45, 2.75) is 20.4 Å². The Morgan fingerprint density at radius 3 is 2.47 bits per heavy atom. The van der Waals surface area contributed by atoms with E-state index >= 15 is 0 Å². The van der Waals surface area contributed by atoms with E-state index in [2.05, 4.69) is 42.1 Å². The van der Waals surface area contributed by atoms with Gasteiger partial charge < -0.3 is 5.32 Å². The molecule has 0 bridgehead atoms. The van der Waals surface area contributed by atoms with Gasteiger partial charge in [0.2, 0.25) is 10.0 Å². The first-order valence-corrected chi connectivity index (χ1v) is 7.28. The lowest BCUT2D eigenvalue weighted by molar-refractivity contribution is 0.583. The Hall–Kier alpha value is -0.910. The van der Waals surface area contributed by atoms with Crippen LogP contribution in [0.1, 0.15) is 16.7 Å². The average Bonchev–Trinajstić information content (AvgIpc) is 2.29. The highest BCUT2D eigenvalue weighted by Crippen LogP contribution is 2.09. The molecule has 0 aliphatic rings. The molecule has 1 rings (SSSR count). The molecule has 2 N–H and O–H groups in total. The SMILES string of the molecule is CNS(=O)(=O)CCNCc1ccc(C)c(C)c1. The quantitative estimate of drug-likeness (QED) is 0.745. The van der Waals surface area contributed by atoms with Gasteiger partial charge in [-0.05, 0) is 37.6 Å². The largest absolute Gasteiger partial charge is 0.312 e. The molecule has 1 aromatic carbocycles. The van der Waals surface area contributed by atoms with Crippen LogP contribution in [-0.2, 0) is 16.6 Å². The number of aryl methyl sites for hydroxylation is 2. The Labute approximate surface area is 103 Å². The fourth-order valence-electron chi connectivity index (χ4n) is 1.45. The van der Waals surface area contributed by atoms with Crippen LogP contribution < -0.4 is 10.0 Å². The molecule has 0 spiro atoms. The van der Waals surface area contributed by atoms with Gasteiger partial charge in [0.25, 0.3) is 0 Å². The topological polar surface area (TPSA) is 58.2 Å². The minimum atomic E-state index is -3.10. The van der Waals surface area contributed by atoms with Gasteiger partial charge in [-0.3, -0.25) is 0 Å². The summed E-state index contributed by atoms with van der Waals surface area (Å²) in [7, 11) is -1.67. The van der Waals surface area contributed by atoms with Gasteiger partial charge in [0.1, 0.15) is 0 Å². The third-order valence-corrected chi connectivity index (χ3v) is 4.12. The fourth-order valence-corrected chi connectivity index (χ4v) is 2.07. The Morgan fingerprint density at radius 1 is 1.18 bits per heavy atom. The Morgan fingerprint density at radius 2 is 1.88 bits per heavy atom. The molecule has 0 aliphatic carbocycles. The van der Waals surface area contributed by atoms with Crippen molar-refractivity contribution in [3.63, 3.8) is 0 Å². The van der Waals surface area contributed by atoms with E-state index in [-0.39, 0.29) is 5.75 Å². The van der Waals surface area contributed by atoms with E-state index in [1.165, 1.54) is 23.7 Å². The van der Waals surface area contributed by atoms with Gasteiger partial charge >= 0.3 is 0 Å². The fraction of sp³-hybridized carbons (Fsp3) is 0.500. The third kappa shape index (κ3) is 4.85. The Kier molecular flexibility index (Phi) is 5.11. The van der Waals surface area contributed by atoms with Gasteiger partial charge in [-0.25, -0.2) is 13.1 Å². The molecule has 4 nitrogen and oxygen atoms in total. The van der Waals surface area contributed by atoms with E-state index in [4.69, 9.17) is 0 Å². The molecule has 0 saturated carbocycles. The van der Waals surface area contributed by atoms with Crippen molar-refractivity contribution in [1.82, 2.24) is 10.0 Å². The van der Waals surface area contributed by atoms with Gasteiger partial charge in [-0.1, -0.05) is 18.2 Å². The summed E-state index contributed by atoms with van der Waals surface area (Å²) in [5.74, 6) is 0.105. The first-order valence-electron chi connectivity index (χ1n) is 5.62. The van der Waals surface area contributed by atoms with Gasteiger partial charge in [-0.15, -0.1) is 0 Å². The maximum absolute atomic E-state index is 11.2. The zero-order chi connectivity index (χ0) is 12.9. The number of hydrogen-bond donors (Lipinski definition) is 2. The van der Waals surface area contributed by atoms with Gasteiger partial charge in [0.05, 0.1) is 5.75 Å². The average molecular weight is 256 g/mol. The van der Waals surface area contributed by atoms with E-state index < -0.39 is 10.0 Å². The Bertz CT molecular complexity index is 469. The van der Waals surface area contributed by atoms with Crippen molar-refractivity contribution in [2.24, 2.45) is 0 Å². The molecular formula is C12H20N2O2S. The maximum atomic E-state index is 11.2. The molecule has 5 heteroatoms. The predicted octanol–water partition coefficient (Wildman–Crippen LogP) is 0.942. The second kappa shape index (κ2) is 6.14. The minimum absolute atomic E-state index is 0.105. The second-order valence-electron chi connectivity index (χ2n) is 4.12. The summed E-state index contributed by atoms with van der Waals surface area (Å²) in [4.78, 5) is 0. The zero-order valence-electron chi connectivity index (χ0n) is 10.6. The predicted molar refractivity (Wildman–Crippen MR) is 70.5 cm³/mol.